The number of fused-ring (bicyclic) bond motifs is 1. The number of benzene rings is 2. The molecule has 1 heterocycles. The summed E-state index contributed by atoms with van der Waals surface area (Å²) in [5.74, 6) is 0.685. The van der Waals surface area contributed by atoms with Crippen molar-refractivity contribution in [1.82, 2.24) is 0 Å². The lowest BCUT2D eigenvalue weighted by molar-refractivity contribution is 0.254. The van der Waals surface area contributed by atoms with Crippen LogP contribution in [0.5, 0.6) is 5.75 Å². The Morgan fingerprint density at radius 3 is 2.84 bits per heavy atom. The molecule has 0 aromatic heterocycles. The van der Waals surface area contributed by atoms with Gasteiger partial charge in [0, 0.05) is 18.5 Å². The molecule has 0 radical (unpaired) electrons. The van der Waals surface area contributed by atoms with E-state index in [2.05, 4.69) is 0 Å². The predicted octanol–water partition coefficient (Wildman–Crippen LogP) is 3.27. The molecule has 0 saturated carbocycles. The number of hydrogen-bond acceptors (Lipinski definition) is 2. The van der Waals surface area contributed by atoms with E-state index in [0.717, 1.165) is 28.9 Å². The van der Waals surface area contributed by atoms with Crippen LogP contribution in [0.2, 0.25) is 0 Å². The summed E-state index contributed by atoms with van der Waals surface area (Å²) in [5, 5.41) is 0. The number of hydrogen-bond donors (Lipinski definition) is 1. The van der Waals surface area contributed by atoms with E-state index in [1.807, 2.05) is 31.2 Å². The van der Waals surface area contributed by atoms with Crippen molar-refractivity contribution in [2.45, 2.75) is 26.0 Å². The van der Waals surface area contributed by atoms with Crippen molar-refractivity contribution >= 4 is 0 Å². The van der Waals surface area contributed by atoms with Crippen LogP contribution in [0.25, 0.3) is 11.1 Å². The molecule has 2 nitrogen and oxygen atoms in total. The van der Waals surface area contributed by atoms with Gasteiger partial charge in [-0.25, -0.2) is 4.39 Å². The average Bonchev–Trinajstić information content (AvgIpc) is 2.77. The van der Waals surface area contributed by atoms with E-state index in [1.54, 1.807) is 6.07 Å². The van der Waals surface area contributed by atoms with Crippen molar-refractivity contribution in [3.63, 3.8) is 0 Å². The van der Waals surface area contributed by atoms with Crippen molar-refractivity contribution in [1.29, 1.82) is 0 Å². The molecule has 0 fully saturated rings. The third-order valence-electron chi connectivity index (χ3n) is 3.48. The van der Waals surface area contributed by atoms with Crippen LogP contribution in [0.1, 0.15) is 18.1 Å². The van der Waals surface area contributed by atoms with Gasteiger partial charge in [0.2, 0.25) is 0 Å². The van der Waals surface area contributed by atoms with Crippen LogP contribution in [0.3, 0.4) is 0 Å². The zero-order chi connectivity index (χ0) is 13.4. The highest BCUT2D eigenvalue weighted by Gasteiger charge is 2.19. The second-order valence-electron chi connectivity index (χ2n) is 4.97. The van der Waals surface area contributed by atoms with Gasteiger partial charge in [-0.3, -0.25) is 0 Å². The molecule has 0 aliphatic carbocycles. The van der Waals surface area contributed by atoms with Gasteiger partial charge in [0.25, 0.3) is 0 Å². The van der Waals surface area contributed by atoms with Crippen molar-refractivity contribution in [3.8, 4) is 16.9 Å². The van der Waals surface area contributed by atoms with Crippen LogP contribution < -0.4 is 10.5 Å². The molecule has 1 aliphatic rings. The summed E-state index contributed by atoms with van der Waals surface area (Å²) in [5.41, 5.74) is 8.96. The minimum atomic E-state index is -0.227. The zero-order valence-electron chi connectivity index (χ0n) is 10.8. The number of halogens is 1. The van der Waals surface area contributed by atoms with Crippen molar-refractivity contribution in [2.24, 2.45) is 5.73 Å². The normalized spacial score (nSPS) is 17.1. The highest BCUT2D eigenvalue weighted by Crippen LogP contribution is 2.33. The summed E-state index contributed by atoms with van der Waals surface area (Å²) in [4.78, 5) is 0. The number of rotatable bonds is 2. The first kappa shape index (κ1) is 12.2. The van der Waals surface area contributed by atoms with E-state index in [4.69, 9.17) is 10.5 Å². The first-order valence-electron chi connectivity index (χ1n) is 6.46. The summed E-state index contributed by atoms with van der Waals surface area (Å²) in [6.07, 6.45) is 1.08. The molecule has 1 atom stereocenters. The Balaban J connectivity index is 2.01. The lowest BCUT2D eigenvalue weighted by atomic mass is 9.99. The molecule has 0 bridgehead atoms. The van der Waals surface area contributed by atoms with Gasteiger partial charge in [0.1, 0.15) is 17.7 Å². The largest absolute Gasteiger partial charge is 0.490 e. The Kier molecular flexibility index (Phi) is 2.99. The van der Waals surface area contributed by atoms with Crippen molar-refractivity contribution < 1.29 is 9.13 Å². The molecule has 3 heteroatoms. The van der Waals surface area contributed by atoms with Crippen LogP contribution in [-0.4, -0.2) is 6.10 Å². The van der Waals surface area contributed by atoms with Gasteiger partial charge in [-0.2, -0.15) is 0 Å². The van der Waals surface area contributed by atoms with Gasteiger partial charge >= 0.3 is 0 Å². The lowest BCUT2D eigenvalue weighted by Crippen LogP contribution is -2.05. The summed E-state index contributed by atoms with van der Waals surface area (Å²) in [6.45, 7) is 2.39. The number of ether oxygens (including phenoxy) is 1. The molecular weight excluding hydrogens is 241 g/mol. The molecule has 0 amide bonds. The summed E-state index contributed by atoms with van der Waals surface area (Å²) < 4.78 is 19.7. The van der Waals surface area contributed by atoms with E-state index >= 15 is 0 Å². The van der Waals surface area contributed by atoms with Gasteiger partial charge < -0.3 is 10.5 Å². The molecule has 1 aliphatic heterocycles. The molecule has 0 saturated heterocycles. The molecule has 98 valence electrons. The molecular formula is C16H16FNO. The van der Waals surface area contributed by atoms with Crippen LogP contribution >= 0.6 is 0 Å². The maximum Gasteiger partial charge on any atom is 0.131 e. The second kappa shape index (κ2) is 4.67. The van der Waals surface area contributed by atoms with E-state index in [1.165, 1.54) is 6.07 Å². The summed E-state index contributed by atoms with van der Waals surface area (Å²) in [7, 11) is 0. The number of nitrogens with two attached hydrogens (primary N) is 1. The van der Waals surface area contributed by atoms with Gasteiger partial charge in [-0.1, -0.05) is 18.2 Å². The molecule has 3 rings (SSSR count). The van der Waals surface area contributed by atoms with Crippen LogP contribution in [-0.2, 0) is 13.0 Å². The first-order chi connectivity index (χ1) is 9.17. The highest BCUT2D eigenvalue weighted by molar-refractivity contribution is 5.67. The maximum atomic E-state index is 14.1. The fourth-order valence-corrected chi connectivity index (χ4v) is 2.51. The van der Waals surface area contributed by atoms with Crippen LogP contribution in [0, 0.1) is 5.82 Å². The predicted molar refractivity (Wildman–Crippen MR) is 73.5 cm³/mol. The smallest absolute Gasteiger partial charge is 0.131 e. The fourth-order valence-electron chi connectivity index (χ4n) is 2.51. The lowest BCUT2D eigenvalue weighted by Gasteiger charge is -2.07. The van der Waals surface area contributed by atoms with E-state index in [0.29, 0.717) is 12.1 Å². The Morgan fingerprint density at radius 2 is 2.11 bits per heavy atom. The zero-order valence-corrected chi connectivity index (χ0v) is 10.8. The SMILES string of the molecule is CC1Cc2cc(-c3ccc(CN)cc3F)ccc2O1. The molecule has 2 aromatic rings. The van der Waals surface area contributed by atoms with Crippen LogP contribution in [0.4, 0.5) is 4.39 Å². The maximum absolute atomic E-state index is 14.1. The quantitative estimate of drug-likeness (QED) is 0.896. The minimum absolute atomic E-state index is 0.203. The van der Waals surface area contributed by atoms with Crippen LogP contribution in [0.15, 0.2) is 36.4 Å². The first-order valence-corrected chi connectivity index (χ1v) is 6.46. The molecule has 1 unspecified atom stereocenters. The van der Waals surface area contributed by atoms with Gasteiger partial charge in [-0.05, 0) is 41.8 Å². The van der Waals surface area contributed by atoms with E-state index in [-0.39, 0.29) is 11.9 Å². The monoisotopic (exact) mass is 257 g/mol. The van der Waals surface area contributed by atoms with Gasteiger partial charge in [0.15, 0.2) is 0 Å². The second-order valence-corrected chi connectivity index (χ2v) is 4.97. The molecule has 2 N–H and O–H groups in total. The standard InChI is InChI=1S/C16H16FNO/c1-10-6-13-8-12(3-5-16(13)19-10)14-4-2-11(9-18)7-15(14)17/h2-5,7-8,10H,6,9,18H2,1H3. The Bertz CT molecular complexity index is 624. The van der Waals surface area contributed by atoms with E-state index in [9.17, 15) is 4.39 Å². The summed E-state index contributed by atoms with van der Waals surface area (Å²) >= 11 is 0. The fraction of sp³-hybridized carbons (Fsp3) is 0.250. The molecule has 2 aromatic carbocycles. The Morgan fingerprint density at radius 1 is 1.26 bits per heavy atom. The minimum Gasteiger partial charge on any atom is -0.490 e. The average molecular weight is 257 g/mol. The Hall–Kier alpha value is -1.87. The van der Waals surface area contributed by atoms with Gasteiger partial charge in [-0.15, -0.1) is 0 Å². The molecule has 0 spiro atoms. The topological polar surface area (TPSA) is 35.2 Å². The molecule has 19 heavy (non-hydrogen) atoms. The summed E-state index contributed by atoms with van der Waals surface area (Å²) in [6, 6.07) is 11.0. The van der Waals surface area contributed by atoms with Gasteiger partial charge in [0.05, 0.1) is 0 Å². The van der Waals surface area contributed by atoms with Crippen molar-refractivity contribution in [2.75, 3.05) is 0 Å². The third kappa shape index (κ3) is 2.22. The van der Waals surface area contributed by atoms with E-state index < -0.39 is 0 Å². The van der Waals surface area contributed by atoms with Crippen molar-refractivity contribution in [3.05, 3.63) is 53.3 Å². The Labute approximate surface area is 112 Å². The highest BCUT2D eigenvalue weighted by atomic mass is 19.1. The third-order valence-corrected chi connectivity index (χ3v) is 3.48.